The Kier molecular flexibility index (Phi) is 5.64. The summed E-state index contributed by atoms with van der Waals surface area (Å²) >= 11 is 0. The number of carbonyl (C=O) groups is 2. The van der Waals surface area contributed by atoms with Crippen molar-refractivity contribution in [2.75, 3.05) is 19.0 Å². The van der Waals surface area contributed by atoms with Crippen LogP contribution in [0.2, 0.25) is 0 Å². The largest absolute Gasteiger partial charge is 0.473 e. The first kappa shape index (κ1) is 25.6. The van der Waals surface area contributed by atoms with Gasteiger partial charge in [0.2, 0.25) is 17.7 Å². The fraction of sp³-hybridized carbons (Fsp3) is 0.400. The summed E-state index contributed by atoms with van der Waals surface area (Å²) in [5, 5.41) is 6.52. The van der Waals surface area contributed by atoms with Crippen LogP contribution in [0, 0.1) is 17.7 Å². The Labute approximate surface area is 235 Å². The second kappa shape index (κ2) is 9.05. The highest BCUT2D eigenvalue weighted by Gasteiger charge is 2.61. The van der Waals surface area contributed by atoms with Crippen molar-refractivity contribution >= 4 is 23.5 Å². The molecule has 1 spiro atoms. The van der Waals surface area contributed by atoms with Gasteiger partial charge in [-0.3, -0.25) is 4.79 Å². The molecular formula is C30H29FN4O6. The zero-order chi connectivity index (χ0) is 28.6. The fourth-order valence-corrected chi connectivity index (χ4v) is 6.27. The molecule has 4 aliphatic heterocycles. The zero-order valence-corrected chi connectivity index (χ0v) is 23.0. The van der Waals surface area contributed by atoms with Gasteiger partial charge in [-0.1, -0.05) is 32.9 Å². The molecule has 0 saturated heterocycles. The van der Waals surface area contributed by atoms with Gasteiger partial charge in [0.1, 0.15) is 29.6 Å². The van der Waals surface area contributed by atoms with Gasteiger partial charge < -0.3 is 29.3 Å². The summed E-state index contributed by atoms with van der Waals surface area (Å²) in [6, 6.07) is 8.89. The maximum atomic E-state index is 14.9. The van der Waals surface area contributed by atoms with E-state index in [0.29, 0.717) is 29.2 Å². The minimum Gasteiger partial charge on any atom is -0.473 e. The SMILES string of the molecule is COC(=O)C1COC(c2nc3oc2[C@@]24c5cc(F)ccc5N[C@@H]2Oc2ccc(cc24)C[C@H](C)C(=O)N[C@H]3C(C)C)=N1. The number of nitrogens with one attached hydrogen (secondary N) is 2. The molecule has 5 heterocycles. The lowest BCUT2D eigenvalue weighted by atomic mass is 9.72. The van der Waals surface area contributed by atoms with Gasteiger partial charge in [-0.15, -0.1) is 0 Å². The minimum atomic E-state index is -1.17. The summed E-state index contributed by atoms with van der Waals surface area (Å²) in [6.45, 7) is 5.78. The molecule has 1 unspecified atom stereocenters. The third kappa shape index (κ3) is 3.67. The normalized spacial score (nSPS) is 27.4. The standard InChI is InChI=1S/C30H29FN4O6/c1-13(2)22-27-35-23(26-32-20(12-39-26)28(37)38-4)24(41-27)30-17-11-16(31)6-7-19(17)33-29(30)40-21-8-5-15(10-18(21)30)9-14(3)25(36)34-22/h5-8,10-11,13-14,20,22,29,33H,9,12H2,1-4H3,(H,34,36)/t14-,20?,22-,29+,30-/m0/s1. The number of ether oxygens (including phenoxy) is 3. The lowest BCUT2D eigenvalue weighted by molar-refractivity contribution is -0.142. The van der Waals surface area contributed by atoms with Crippen molar-refractivity contribution in [2.24, 2.45) is 16.8 Å². The molecular weight excluding hydrogens is 531 g/mol. The molecule has 1 aromatic heterocycles. The van der Waals surface area contributed by atoms with E-state index in [0.717, 1.165) is 11.1 Å². The molecule has 0 aliphatic carbocycles. The summed E-state index contributed by atoms with van der Waals surface area (Å²) in [4.78, 5) is 35.0. The van der Waals surface area contributed by atoms with Gasteiger partial charge >= 0.3 is 5.97 Å². The number of halogens is 1. The van der Waals surface area contributed by atoms with Gasteiger partial charge in [0, 0.05) is 22.7 Å². The van der Waals surface area contributed by atoms with Crippen LogP contribution in [-0.4, -0.2) is 48.7 Å². The molecule has 4 aliphatic rings. The first-order chi connectivity index (χ1) is 19.7. The molecule has 5 atom stereocenters. The van der Waals surface area contributed by atoms with E-state index in [1.165, 1.54) is 19.2 Å². The average molecular weight is 561 g/mol. The van der Waals surface area contributed by atoms with Gasteiger partial charge in [-0.05, 0) is 42.2 Å². The topological polar surface area (TPSA) is 124 Å². The van der Waals surface area contributed by atoms with Gasteiger partial charge in [0.25, 0.3) is 0 Å². The van der Waals surface area contributed by atoms with E-state index in [4.69, 9.17) is 23.6 Å². The van der Waals surface area contributed by atoms with Crippen LogP contribution in [0.4, 0.5) is 10.1 Å². The highest BCUT2D eigenvalue weighted by molar-refractivity contribution is 5.98. The molecule has 0 fully saturated rings. The molecule has 1 amide bonds. The number of methoxy groups -OCH3 is 1. The minimum absolute atomic E-state index is 0.0252. The molecule has 0 saturated carbocycles. The molecule has 2 N–H and O–H groups in total. The molecule has 11 heteroatoms. The van der Waals surface area contributed by atoms with Crippen LogP contribution in [0.25, 0.3) is 0 Å². The number of carbonyl (C=O) groups excluding carboxylic acids is 2. The number of esters is 1. The quantitative estimate of drug-likeness (QED) is 0.466. The van der Waals surface area contributed by atoms with E-state index in [9.17, 15) is 14.0 Å². The number of hydrogen-bond donors (Lipinski definition) is 2. The molecule has 4 bridgehead atoms. The van der Waals surface area contributed by atoms with Gasteiger partial charge in [0.05, 0.1) is 7.11 Å². The summed E-state index contributed by atoms with van der Waals surface area (Å²) in [5.74, 6) is -0.246. The van der Waals surface area contributed by atoms with Crippen molar-refractivity contribution in [1.82, 2.24) is 10.3 Å². The first-order valence-electron chi connectivity index (χ1n) is 13.7. The molecule has 212 valence electrons. The Morgan fingerprint density at radius 3 is 2.78 bits per heavy atom. The number of rotatable bonds is 3. The number of anilines is 1. The number of nitrogens with zero attached hydrogens (tertiary/aromatic N) is 2. The maximum absolute atomic E-state index is 14.9. The molecule has 2 aromatic carbocycles. The zero-order valence-electron chi connectivity index (χ0n) is 23.0. The number of fused-ring (bicyclic) bond motifs is 4. The maximum Gasteiger partial charge on any atom is 0.334 e. The monoisotopic (exact) mass is 560 g/mol. The predicted octanol–water partition coefficient (Wildman–Crippen LogP) is 3.62. The number of amides is 1. The lowest BCUT2D eigenvalue weighted by Crippen LogP contribution is -2.41. The Bertz CT molecular complexity index is 1630. The van der Waals surface area contributed by atoms with Crippen molar-refractivity contribution in [3.8, 4) is 5.75 Å². The van der Waals surface area contributed by atoms with Crippen LogP contribution < -0.4 is 15.4 Å². The van der Waals surface area contributed by atoms with E-state index >= 15 is 0 Å². The number of aromatic nitrogens is 1. The highest BCUT2D eigenvalue weighted by atomic mass is 19.1. The third-order valence-corrected chi connectivity index (χ3v) is 8.35. The van der Waals surface area contributed by atoms with Crippen LogP contribution in [-0.2, 0) is 30.9 Å². The van der Waals surface area contributed by atoms with E-state index in [1.807, 2.05) is 39.0 Å². The van der Waals surface area contributed by atoms with E-state index in [-0.39, 0.29) is 41.8 Å². The van der Waals surface area contributed by atoms with Crippen LogP contribution in [0.5, 0.6) is 5.75 Å². The lowest BCUT2D eigenvalue weighted by Gasteiger charge is -2.28. The molecule has 7 rings (SSSR count). The Morgan fingerprint density at radius 1 is 1.17 bits per heavy atom. The van der Waals surface area contributed by atoms with E-state index in [2.05, 4.69) is 15.6 Å². The Morgan fingerprint density at radius 2 is 2.00 bits per heavy atom. The van der Waals surface area contributed by atoms with Gasteiger partial charge in [-0.25, -0.2) is 19.2 Å². The summed E-state index contributed by atoms with van der Waals surface area (Å²) in [5.41, 5.74) is 2.05. The average Bonchev–Trinajstić information content (AvgIpc) is 3.71. The predicted molar refractivity (Wildman–Crippen MR) is 144 cm³/mol. The summed E-state index contributed by atoms with van der Waals surface area (Å²) in [7, 11) is 1.29. The van der Waals surface area contributed by atoms with Crippen LogP contribution in [0.3, 0.4) is 0 Å². The molecule has 10 nitrogen and oxygen atoms in total. The van der Waals surface area contributed by atoms with Crippen molar-refractivity contribution in [2.45, 2.75) is 50.9 Å². The van der Waals surface area contributed by atoms with E-state index in [1.54, 1.807) is 6.07 Å². The molecule has 41 heavy (non-hydrogen) atoms. The summed E-state index contributed by atoms with van der Waals surface area (Å²) in [6.07, 6.45) is -0.209. The van der Waals surface area contributed by atoms with Crippen molar-refractivity contribution in [3.63, 3.8) is 0 Å². The Hall–Kier alpha value is -4.41. The second-order valence-electron chi connectivity index (χ2n) is 11.3. The number of oxazole rings is 1. The highest BCUT2D eigenvalue weighted by Crippen LogP contribution is 2.58. The fourth-order valence-electron chi connectivity index (χ4n) is 6.27. The van der Waals surface area contributed by atoms with Crippen molar-refractivity contribution in [3.05, 3.63) is 76.3 Å². The summed E-state index contributed by atoms with van der Waals surface area (Å²) < 4.78 is 38.9. The van der Waals surface area contributed by atoms with Crippen molar-refractivity contribution < 1.29 is 32.6 Å². The molecule has 0 radical (unpaired) electrons. The number of aliphatic imine (C=N–C) groups is 1. The number of benzene rings is 2. The van der Waals surface area contributed by atoms with Gasteiger partial charge in [-0.2, -0.15) is 0 Å². The van der Waals surface area contributed by atoms with E-state index < -0.39 is 35.5 Å². The second-order valence-corrected chi connectivity index (χ2v) is 11.3. The van der Waals surface area contributed by atoms with Crippen LogP contribution in [0.15, 0.2) is 45.8 Å². The van der Waals surface area contributed by atoms with Gasteiger partial charge in [0.15, 0.2) is 23.7 Å². The smallest absolute Gasteiger partial charge is 0.334 e. The van der Waals surface area contributed by atoms with Crippen molar-refractivity contribution in [1.29, 1.82) is 0 Å². The van der Waals surface area contributed by atoms with Crippen LogP contribution in [0.1, 0.15) is 60.8 Å². The third-order valence-electron chi connectivity index (χ3n) is 8.35. The number of hydrogen-bond acceptors (Lipinski definition) is 9. The van der Waals surface area contributed by atoms with Crippen LogP contribution >= 0.6 is 0 Å². The molecule has 3 aromatic rings. The Balaban J connectivity index is 1.55. The first-order valence-corrected chi connectivity index (χ1v) is 13.7.